The summed E-state index contributed by atoms with van der Waals surface area (Å²) in [6.07, 6.45) is -7.83. The van der Waals surface area contributed by atoms with Crippen LogP contribution in [0.3, 0.4) is 0 Å². The molecule has 0 bridgehead atoms. The molecule has 2 nitrogen and oxygen atoms in total. The van der Waals surface area contributed by atoms with Gasteiger partial charge in [-0.15, -0.1) is 0 Å². The van der Waals surface area contributed by atoms with Crippen LogP contribution in [0.15, 0.2) is 18.2 Å². The highest BCUT2D eigenvalue weighted by atomic mass is 19.4. The Kier molecular flexibility index (Phi) is 7.47. The summed E-state index contributed by atoms with van der Waals surface area (Å²) < 4.78 is 225. The summed E-state index contributed by atoms with van der Waals surface area (Å²) in [7, 11) is 0. The molecule has 1 aromatic carbocycles. The van der Waals surface area contributed by atoms with Gasteiger partial charge >= 0.3 is 53.5 Å². The molecule has 0 atom stereocenters. The van der Waals surface area contributed by atoms with Crippen LogP contribution in [-0.2, 0) is 4.79 Å². The summed E-state index contributed by atoms with van der Waals surface area (Å²) in [5, 5.41) is 0.855. The molecule has 1 N–H and O–H groups in total. The van der Waals surface area contributed by atoms with Crippen molar-refractivity contribution < 1.29 is 79.4 Å². The van der Waals surface area contributed by atoms with Crippen molar-refractivity contribution in [3.8, 4) is 0 Å². The van der Waals surface area contributed by atoms with Crippen LogP contribution in [0.25, 0.3) is 0 Å². The normalized spacial score (nSPS) is 15.2. The lowest BCUT2D eigenvalue weighted by molar-refractivity contribution is -0.459. The minimum absolute atomic E-state index is 0.115. The van der Waals surface area contributed by atoms with E-state index in [0.717, 1.165) is 17.4 Å². The average Bonchev–Trinajstić information content (AvgIpc) is 2.65. The molecule has 0 aromatic heterocycles. The number of hydrogen-bond acceptors (Lipinski definition) is 1. The van der Waals surface area contributed by atoms with E-state index in [2.05, 4.69) is 0 Å². The standard InChI is InChI=1S/C17H10F17NO/c1-6-3-7(2)5-8(4-6)35-9(36)10(18,19)11(20,21)12(22,23)13(24,25)14(26,27)15(28,29)16(30,31)17(32,33)34/h3-5H,1-2H3,(H,35,36). The molecular weight excluding hydrogens is 557 g/mol. The topological polar surface area (TPSA) is 29.1 Å². The number of alkyl halides is 17. The lowest BCUT2D eigenvalue weighted by atomic mass is 9.88. The lowest BCUT2D eigenvalue weighted by Gasteiger charge is -2.42. The van der Waals surface area contributed by atoms with Gasteiger partial charge < -0.3 is 5.32 Å². The summed E-state index contributed by atoms with van der Waals surface area (Å²) in [4.78, 5) is 11.5. The minimum atomic E-state index is -8.74. The molecule has 36 heavy (non-hydrogen) atoms. The molecule has 0 saturated carbocycles. The molecule has 0 saturated heterocycles. The van der Waals surface area contributed by atoms with Crippen molar-refractivity contribution in [3.05, 3.63) is 29.3 Å². The Morgan fingerprint density at radius 1 is 0.528 bits per heavy atom. The predicted octanol–water partition coefficient (Wildman–Crippen LogP) is 7.25. The smallest absolute Gasteiger partial charge is 0.321 e. The zero-order chi connectivity index (χ0) is 29.1. The molecule has 1 rings (SSSR count). The van der Waals surface area contributed by atoms with Gasteiger partial charge in [0.15, 0.2) is 0 Å². The van der Waals surface area contributed by atoms with E-state index in [-0.39, 0.29) is 11.1 Å². The fraction of sp³-hybridized carbons (Fsp3) is 0.588. The monoisotopic (exact) mass is 567 g/mol. The molecule has 0 aliphatic rings. The Bertz CT molecular complexity index is 975. The van der Waals surface area contributed by atoms with E-state index in [1.54, 1.807) is 0 Å². The number of amides is 1. The number of nitrogens with one attached hydrogen (secondary N) is 1. The van der Waals surface area contributed by atoms with Gasteiger partial charge in [0, 0.05) is 5.69 Å². The zero-order valence-corrected chi connectivity index (χ0v) is 17.1. The molecule has 0 radical (unpaired) electrons. The molecule has 0 aliphatic heterocycles. The van der Waals surface area contributed by atoms with Crippen LogP contribution in [0.2, 0.25) is 0 Å². The third kappa shape index (κ3) is 4.31. The van der Waals surface area contributed by atoms with Gasteiger partial charge in [-0.3, -0.25) is 4.79 Å². The number of halogens is 17. The van der Waals surface area contributed by atoms with Crippen molar-refractivity contribution >= 4 is 11.6 Å². The van der Waals surface area contributed by atoms with Gasteiger partial charge in [-0.2, -0.15) is 74.6 Å². The van der Waals surface area contributed by atoms with E-state index in [0.29, 0.717) is 0 Å². The summed E-state index contributed by atoms with van der Waals surface area (Å²) in [5.41, 5.74) is -0.626. The molecule has 0 aliphatic carbocycles. The van der Waals surface area contributed by atoms with Crippen molar-refractivity contribution in [2.24, 2.45) is 0 Å². The van der Waals surface area contributed by atoms with E-state index in [1.165, 1.54) is 19.9 Å². The molecule has 0 heterocycles. The number of aryl methyl sites for hydroxylation is 2. The fourth-order valence-corrected chi connectivity index (χ4v) is 2.56. The molecular formula is C17H10F17NO. The van der Waals surface area contributed by atoms with Gasteiger partial charge in [0.2, 0.25) is 0 Å². The number of hydrogen-bond donors (Lipinski definition) is 1. The highest BCUT2D eigenvalue weighted by Gasteiger charge is 2.95. The summed E-state index contributed by atoms with van der Waals surface area (Å²) in [6, 6.07) is 2.76. The second-order valence-corrected chi connectivity index (χ2v) is 7.35. The molecule has 0 unspecified atom stereocenters. The van der Waals surface area contributed by atoms with Crippen molar-refractivity contribution in [2.75, 3.05) is 5.32 Å². The number of anilines is 1. The quantitative estimate of drug-likeness (QED) is 0.330. The van der Waals surface area contributed by atoms with Gasteiger partial charge in [-0.1, -0.05) is 6.07 Å². The SMILES string of the molecule is Cc1cc(C)cc(NC(=O)C(F)(F)C(F)(F)C(F)(F)C(F)(F)C(F)(F)C(F)(F)C(F)(F)C(F)(F)F)c1. The van der Waals surface area contributed by atoms with Crippen molar-refractivity contribution in [1.82, 2.24) is 0 Å². The highest BCUT2D eigenvalue weighted by molar-refractivity contribution is 5.97. The fourth-order valence-electron chi connectivity index (χ4n) is 2.56. The van der Waals surface area contributed by atoms with Crippen LogP contribution in [0.5, 0.6) is 0 Å². The Hall–Kier alpha value is -2.50. The van der Waals surface area contributed by atoms with Gasteiger partial charge in [0.25, 0.3) is 0 Å². The maximum Gasteiger partial charge on any atom is 0.460 e. The van der Waals surface area contributed by atoms with Crippen LogP contribution in [0, 0.1) is 13.8 Å². The van der Waals surface area contributed by atoms with E-state index in [4.69, 9.17) is 0 Å². The van der Waals surface area contributed by atoms with Gasteiger partial charge in [0.1, 0.15) is 0 Å². The van der Waals surface area contributed by atoms with Crippen LogP contribution >= 0.6 is 0 Å². The average molecular weight is 567 g/mol. The van der Waals surface area contributed by atoms with Crippen LogP contribution < -0.4 is 5.32 Å². The largest absolute Gasteiger partial charge is 0.460 e. The Labute approximate surface area is 188 Å². The highest BCUT2D eigenvalue weighted by Crippen LogP contribution is 2.64. The number of carbonyl (C=O) groups excluding carboxylic acids is 1. The van der Waals surface area contributed by atoms with E-state index in [1.807, 2.05) is 0 Å². The molecule has 1 amide bonds. The number of carbonyl (C=O) groups is 1. The predicted molar refractivity (Wildman–Crippen MR) is 85.2 cm³/mol. The first kappa shape index (κ1) is 31.5. The van der Waals surface area contributed by atoms with Crippen LogP contribution in [0.4, 0.5) is 80.3 Å². The first-order valence-electron chi connectivity index (χ1n) is 8.65. The Morgan fingerprint density at radius 2 is 0.833 bits per heavy atom. The summed E-state index contributed by atoms with van der Waals surface area (Å²) in [6.45, 7) is 2.45. The maximum absolute atomic E-state index is 13.9. The third-order valence-electron chi connectivity index (χ3n) is 4.49. The summed E-state index contributed by atoms with van der Waals surface area (Å²) >= 11 is 0. The zero-order valence-electron chi connectivity index (χ0n) is 17.1. The van der Waals surface area contributed by atoms with Gasteiger partial charge in [-0.25, -0.2) is 0 Å². The van der Waals surface area contributed by atoms with Crippen LogP contribution in [0.1, 0.15) is 11.1 Å². The molecule has 1 aromatic rings. The van der Waals surface area contributed by atoms with Crippen molar-refractivity contribution in [3.63, 3.8) is 0 Å². The number of rotatable bonds is 8. The van der Waals surface area contributed by atoms with E-state index in [9.17, 15) is 79.4 Å². The second kappa shape index (κ2) is 8.53. The molecule has 19 heteroatoms. The van der Waals surface area contributed by atoms with Crippen molar-refractivity contribution in [1.29, 1.82) is 0 Å². The summed E-state index contributed by atoms with van der Waals surface area (Å²) in [5.74, 6) is -61.6. The minimum Gasteiger partial charge on any atom is -0.321 e. The first-order valence-corrected chi connectivity index (χ1v) is 8.65. The maximum atomic E-state index is 13.9. The lowest BCUT2D eigenvalue weighted by Crippen LogP contribution is -2.75. The van der Waals surface area contributed by atoms with Gasteiger partial charge in [-0.05, 0) is 37.1 Å². The van der Waals surface area contributed by atoms with Gasteiger partial charge in [0.05, 0.1) is 0 Å². The first-order chi connectivity index (χ1) is 15.5. The molecule has 0 fully saturated rings. The Balaban J connectivity index is 3.59. The van der Waals surface area contributed by atoms with E-state index >= 15 is 0 Å². The molecule has 208 valence electrons. The number of benzene rings is 1. The van der Waals surface area contributed by atoms with E-state index < -0.39 is 59.2 Å². The second-order valence-electron chi connectivity index (χ2n) is 7.35. The third-order valence-corrected chi connectivity index (χ3v) is 4.49. The van der Waals surface area contributed by atoms with Crippen molar-refractivity contribution in [2.45, 2.75) is 61.5 Å². The Morgan fingerprint density at radius 3 is 1.17 bits per heavy atom. The van der Waals surface area contributed by atoms with Crippen LogP contribution in [-0.4, -0.2) is 53.5 Å². The molecule has 0 spiro atoms.